The van der Waals surface area contributed by atoms with Crippen LogP contribution in [0.4, 0.5) is 0 Å². The van der Waals surface area contributed by atoms with Crippen LogP contribution < -0.4 is 5.56 Å². The minimum absolute atomic E-state index is 0.143. The maximum Gasteiger partial charge on any atom is 0.280 e. The van der Waals surface area contributed by atoms with E-state index in [4.69, 9.17) is 0 Å². The normalized spacial score (nSPS) is 9.80. The number of thioether (sulfide) groups is 1. The predicted octanol–water partition coefficient (Wildman–Crippen LogP) is 1.25. The van der Waals surface area contributed by atoms with Crippen LogP contribution in [-0.2, 0) is 0 Å². The molecule has 3 nitrogen and oxygen atoms in total. The lowest BCUT2D eigenvalue weighted by Gasteiger charge is -1.92. The molecule has 0 unspecified atom stereocenters. The van der Waals surface area contributed by atoms with Crippen LogP contribution in [0.15, 0.2) is 20.6 Å². The molecule has 0 aliphatic heterocycles. The van der Waals surface area contributed by atoms with Gasteiger partial charge in [0, 0.05) is 6.20 Å². The SMILES string of the molecule is CSc1nc(Br)c[nH]c1=O. The van der Waals surface area contributed by atoms with Crippen LogP contribution in [-0.4, -0.2) is 16.2 Å². The largest absolute Gasteiger partial charge is 0.324 e. The van der Waals surface area contributed by atoms with Crippen LogP contribution in [0.3, 0.4) is 0 Å². The third-order valence-corrected chi connectivity index (χ3v) is 1.99. The first-order valence-electron chi connectivity index (χ1n) is 2.53. The summed E-state index contributed by atoms with van der Waals surface area (Å²) < 4.78 is 0.649. The molecule has 5 heteroatoms. The summed E-state index contributed by atoms with van der Waals surface area (Å²) in [5, 5.41) is 0.481. The van der Waals surface area contributed by atoms with Gasteiger partial charge in [-0.05, 0) is 22.2 Å². The first-order valence-corrected chi connectivity index (χ1v) is 4.55. The van der Waals surface area contributed by atoms with Crippen LogP contribution in [0, 0.1) is 0 Å². The van der Waals surface area contributed by atoms with E-state index in [1.165, 1.54) is 18.0 Å². The Morgan fingerprint density at radius 1 is 1.80 bits per heavy atom. The lowest BCUT2D eigenvalue weighted by molar-refractivity contribution is 0.977. The zero-order valence-corrected chi connectivity index (χ0v) is 7.62. The van der Waals surface area contributed by atoms with E-state index in [-0.39, 0.29) is 5.56 Å². The second-order valence-corrected chi connectivity index (χ2v) is 3.17. The molecule has 54 valence electrons. The minimum atomic E-state index is -0.143. The molecule has 1 aromatic heterocycles. The Hall–Kier alpha value is -0.290. The predicted molar refractivity (Wildman–Crippen MR) is 44.3 cm³/mol. The number of H-pyrrole nitrogens is 1. The molecule has 0 atom stereocenters. The van der Waals surface area contributed by atoms with Crippen molar-refractivity contribution < 1.29 is 0 Å². The highest BCUT2D eigenvalue weighted by Crippen LogP contribution is 2.08. The number of nitrogens with zero attached hydrogens (tertiary/aromatic N) is 1. The zero-order chi connectivity index (χ0) is 7.56. The van der Waals surface area contributed by atoms with Gasteiger partial charge < -0.3 is 4.98 Å². The number of hydrogen-bond acceptors (Lipinski definition) is 3. The third-order valence-electron chi connectivity index (χ3n) is 0.918. The summed E-state index contributed by atoms with van der Waals surface area (Å²) in [6.45, 7) is 0. The van der Waals surface area contributed by atoms with Gasteiger partial charge in [0.05, 0.1) is 0 Å². The Morgan fingerprint density at radius 2 is 2.50 bits per heavy atom. The van der Waals surface area contributed by atoms with Gasteiger partial charge in [-0.25, -0.2) is 4.98 Å². The number of aromatic amines is 1. The van der Waals surface area contributed by atoms with Gasteiger partial charge in [0.2, 0.25) is 0 Å². The molecule has 0 fully saturated rings. The molecule has 1 rings (SSSR count). The van der Waals surface area contributed by atoms with Crippen molar-refractivity contribution in [3.05, 3.63) is 21.2 Å². The Kier molecular flexibility index (Phi) is 2.50. The lowest BCUT2D eigenvalue weighted by atomic mass is 10.7. The second kappa shape index (κ2) is 3.21. The van der Waals surface area contributed by atoms with E-state index in [1.807, 2.05) is 6.26 Å². The minimum Gasteiger partial charge on any atom is -0.324 e. The van der Waals surface area contributed by atoms with Gasteiger partial charge in [-0.1, -0.05) is 0 Å². The van der Waals surface area contributed by atoms with E-state index in [2.05, 4.69) is 25.9 Å². The summed E-state index contributed by atoms with van der Waals surface area (Å²) in [6.07, 6.45) is 3.33. The van der Waals surface area contributed by atoms with E-state index in [1.54, 1.807) is 0 Å². The molecule has 0 amide bonds. The summed E-state index contributed by atoms with van der Waals surface area (Å²) in [4.78, 5) is 17.3. The van der Waals surface area contributed by atoms with Crippen LogP contribution in [0.25, 0.3) is 0 Å². The highest BCUT2D eigenvalue weighted by molar-refractivity contribution is 9.10. The van der Waals surface area contributed by atoms with Gasteiger partial charge in [-0.3, -0.25) is 4.79 Å². The van der Waals surface area contributed by atoms with Gasteiger partial charge in [-0.15, -0.1) is 11.8 Å². The highest BCUT2D eigenvalue weighted by Gasteiger charge is 1.97. The van der Waals surface area contributed by atoms with Crippen molar-refractivity contribution in [2.45, 2.75) is 5.03 Å². The average molecular weight is 221 g/mol. The first kappa shape index (κ1) is 7.81. The molecule has 1 heterocycles. The monoisotopic (exact) mass is 220 g/mol. The van der Waals surface area contributed by atoms with Crippen LogP contribution >= 0.6 is 27.7 Å². The summed E-state index contributed by atoms with van der Waals surface area (Å²) in [7, 11) is 0. The fourth-order valence-corrected chi connectivity index (χ4v) is 1.35. The Labute approximate surface area is 70.4 Å². The molecule has 1 N–H and O–H groups in total. The van der Waals surface area contributed by atoms with Crippen LogP contribution in [0.1, 0.15) is 0 Å². The molecular formula is C5H5BrN2OS. The van der Waals surface area contributed by atoms with Crippen molar-refractivity contribution in [3.63, 3.8) is 0 Å². The van der Waals surface area contributed by atoms with E-state index in [9.17, 15) is 4.79 Å². The summed E-state index contributed by atoms with van der Waals surface area (Å²) >= 11 is 4.47. The van der Waals surface area contributed by atoms with Crippen molar-refractivity contribution in [1.29, 1.82) is 0 Å². The fraction of sp³-hybridized carbons (Fsp3) is 0.200. The van der Waals surface area contributed by atoms with Crippen molar-refractivity contribution in [2.75, 3.05) is 6.26 Å². The van der Waals surface area contributed by atoms with Gasteiger partial charge in [0.1, 0.15) is 4.60 Å². The molecule has 0 bridgehead atoms. The molecule has 0 spiro atoms. The van der Waals surface area contributed by atoms with Crippen LogP contribution in [0.5, 0.6) is 0 Å². The van der Waals surface area contributed by atoms with Crippen molar-refractivity contribution in [2.24, 2.45) is 0 Å². The number of rotatable bonds is 1. The summed E-state index contributed by atoms with van der Waals surface area (Å²) in [6, 6.07) is 0. The number of halogens is 1. The van der Waals surface area contributed by atoms with Crippen LogP contribution in [0.2, 0.25) is 0 Å². The molecule has 10 heavy (non-hydrogen) atoms. The van der Waals surface area contributed by atoms with Crippen molar-refractivity contribution >= 4 is 27.7 Å². The first-order chi connectivity index (χ1) is 4.74. The number of nitrogens with one attached hydrogen (secondary N) is 1. The molecule has 0 aliphatic carbocycles. The maximum absolute atomic E-state index is 10.8. The third kappa shape index (κ3) is 1.60. The molecule has 0 saturated heterocycles. The van der Waals surface area contributed by atoms with Gasteiger partial charge in [0.25, 0.3) is 5.56 Å². The molecular weight excluding hydrogens is 216 g/mol. The topological polar surface area (TPSA) is 45.8 Å². The lowest BCUT2D eigenvalue weighted by Crippen LogP contribution is -2.09. The Bertz CT molecular complexity index is 285. The Morgan fingerprint density at radius 3 is 3.00 bits per heavy atom. The van der Waals surface area contributed by atoms with E-state index in [0.29, 0.717) is 9.63 Å². The highest BCUT2D eigenvalue weighted by atomic mass is 79.9. The van der Waals surface area contributed by atoms with E-state index < -0.39 is 0 Å². The zero-order valence-electron chi connectivity index (χ0n) is 5.22. The smallest absolute Gasteiger partial charge is 0.280 e. The second-order valence-electron chi connectivity index (χ2n) is 1.56. The summed E-state index contributed by atoms with van der Waals surface area (Å²) in [5.41, 5.74) is -0.143. The van der Waals surface area contributed by atoms with Crippen molar-refractivity contribution in [1.82, 2.24) is 9.97 Å². The average Bonchev–Trinajstić information content (AvgIpc) is 1.94. The van der Waals surface area contributed by atoms with E-state index >= 15 is 0 Å². The fourth-order valence-electron chi connectivity index (χ4n) is 0.505. The van der Waals surface area contributed by atoms with Gasteiger partial charge in [0.15, 0.2) is 5.03 Å². The molecule has 0 aromatic carbocycles. The van der Waals surface area contributed by atoms with Gasteiger partial charge in [-0.2, -0.15) is 0 Å². The van der Waals surface area contributed by atoms with E-state index in [0.717, 1.165) is 0 Å². The quantitative estimate of drug-likeness (QED) is 0.726. The molecule has 0 aliphatic rings. The number of hydrogen-bond donors (Lipinski definition) is 1. The number of aromatic nitrogens is 2. The summed E-state index contributed by atoms with van der Waals surface area (Å²) in [5.74, 6) is 0. The molecule has 0 radical (unpaired) electrons. The Balaban J connectivity index is 3.22. The standard InChI is InChI=1S/C5H5BrN2OS/c1-10-5-4(9)7-2-3(6)8-5/h2H,1H3,(H,7,9). The molecule has 0 saturated carbocycles. The van der Waals surface area contributed by atoms with Crippen molar-refractivity contribution in [3.8, 4) is 0 Å². The van der Waals surface area contributed by atoms with Gasteiger partial charge >= 0.3 is 0 Å². The molecule has 1 aromatic rings. The maximum atomic E-state index is 10.8.